The van der Waals surface area contributed by atoms with E-state index < -0.39 is 17.6 Å². The number of pyridine rings is 1. The highest BCUT2D eigenvalue weighted by Crippen LogP contribution is 2.32. The Balaban J connectivity index is 2.27. The van der Waals surface area contributed by atoms with E-state index in [-0.39, 0.29) is 17.8 Å². The van der Waals surface area contributed by atoms with E-state index in [9.17, 15) is 18.0 Å². The quantitative estimate of drug-likeness (QED) is 0.907. The maximum atomic E-state index is 12.7. The molecule has 20 heavy (non-hydrogen) atoms. The summed E-state index contributed by atoms with van der Waals surface area (Å²) in [7, 11) is 0. The van der Waals surface area contributed by atoms with Gasteiger partial charge in [-0.3, -0.25) is 4.79 Å². The van der Waals surface area contributed by atoms with Gasteiger partial charge in [0.1, 0.15) is 5.82 Å². The van der Waals surface area contributed by atoms with E-state index in [0.29, 0.717) is 19.4 Å². The first-order valence-corrected chi connectivity index (χ1v) is 6.38. The van der Waals surface area contributed by atoms with E-state index >= 15 is 0 Å². The summed E-state index contributed by atoms with van der Waals surface area (Å²) in [5.74, 6) is -0.533. The average Bonchev–Trinajstić information content (AvgIpc) is 2.38. The van der Waals surface area contributed by atoms with Crippen LogP contribution in [-0.4, -0.2) is 23.5 Å². The van der Waals surface area contributed by atoms with E-state index in [2.05, 4.69) is 4.98 Å². The maximum Gasteiger partial charge on any atom is 0.416 e. The summed E-state index contributed by atoms with van der Waals surface area (Å²) in [5.41, 5.74) is 4.55. The normalized spacial score (nSPS) is 23.7. The molecule has 2 N–H and O–H groups in total. The third-order valence-corrected chi connectivity index (χ3v) is 3.65. The fourth-order valence-electron chi connectivity index (χ4n) is 2.41. The van der Waals surface area contributed by atoms with Gasteiger partial charge in [-0.25, -0.2) is 4.98 Å². The van der Waals surface area contributed by atoms with Crippen LogP contribution in [0.15, 0.2) is 18.3 Å². The highest BCUT2D eigenvalue weighted by atomic mass is 19.4. The molecule has 0 aromatic carbocycles. The number of alkyl halides is 3. The number of piperidine rings is 1. The molecule has 0 saturated carbocycles. The van der Waals surface area contributed by atoms with Gasteiger partial charge in [-0.2, -0.15) is 13.2 Å². The highest BCUT2D eigenvalue weighted by Gasteiger charge is 2.33. The lowest BCUT2D eigenvalue weighted by Crippen LogP contribution is -2.46. The third-order valence-electron chi connectivity index (χ3n) is 3.65. The van der Waals surface area contributed by atoms with Gasteiger partial charge in [-0.1, -0.05) is 0 Å². The molecule has 4 nitrogen and oxygen atoms in total. The smallest absolute Gasteiger partial charge is 0.369 e. The van der Waals surface area contributed by atoms with Gasteiger partial charge in [-0.15, -0.1) is 0 Å². The van der Waals surface area contributed by atoms with E-state index in [0.717, 1.165) is 18.3 Å². The van der Waals surface area contributed by atoms with Crippen LogP contribution in [0, 0.1) is 5.92 Å². The number of rotatable bonds is 2. The molecule has 1 aromatic rings. The third kappa shape index (κ3) is 3.02. The van der Waals surface area contributed by atoms with Crippen molar-refractivity contribution >= 4 is 11.7 Å². The summed E-state index contributed by atoms with van der Waals surface area (Å²) in [5, 5.41) is 0. The SMILES string of the molecule is C[C@H]1CC[C@@H](C(N)=O)CN1c1cc(C(F)(F)F)ccn1. The van der Waals surface area contributed by atoms with Crippen LogP contribution in [0.4, 0.5) is 19.0 Å². The number of nitrogens with zero attached hydrogens (tertiary/aromatic N) is 2. The Morgan fingerprint density at radius 3 is 2.75 bits per heavy atom. The molecule has 2 heterocycles. The van der Waals surface area contributed by atoms with Crippen molar-refractivity contribution < 1.29 is 18.0 Å². The van der Waals surface area contributed by atoms with Crippen molar-refractivity contribution in [1.82, 2.24) is 4.98 Å². The van der Waals surface area contributed by atoms with Gasteiger partial charge in [-0.05, 0) is 31.9 Å². The van der Waals surface area contributed by atoms with Gasteiger partial charge in [0.25, 0.3) is 0 Å². The summed E-state index contributed by atoms with van der Waals surface area (Å²) in [6.07, 6.45) is -1.91. The maximum absolute atomic E-state index is 12.7. The van der Waals surface area contributed by atoms with Gasteiger partial charge < -0.3 is 10.6 Å². The molecular weight excluding hydrogens is 271 g/mol. The van der Waals surface area contributed by atoms with E-state index in [4.69, 9.17) is 5.73 Å². The van der Waals surface area contributed by atoms with Crippen LogP contribution < -0.4 is 10.6 Å². The molecule has 1 aromatic heterocycles. The summed E-state index contributed by atoms with van der Waals surface area (Å²) >= 11 is 0. The Morgan fingerprint density at radius 1 is 1.45 bits per heavy atom. The summed E-state index contributed by atoms with van der Waals surface area (Å²) in [6.45, 7) is 2.21. The molecule has 1 fully saturated rings. The molecule has 2 rings (SSSR count). The highest BCUT2D eigenvalue weighted by molar-refractivity contribution is 5.77. The molecule has 1 amide bonds. The largest absolute Gasteiger partial charge is 0.416 e. The average molecular weight is 287 g/mol. The minimum Gasteiger partial charge on any atom is -0.369 e. The molecule has 1 aliphatic rings. The van der Waals surface area contributed by atoms with E-state index in [1.165, 1.54) is 0 Å². The number of hydrogen-bond donors (Lipinski definition) is 1. The molecule has 0 bridgehead atoms. The van der Waals surface area contributed by atoms with Crippen molar-refractivity contribution in [3.05, 3.63) is 23.9 Å². The standard InChI is InChI=1S/C13H16F3N3O/c1-8-2-3-9(12(17)20)7-19(8)11-6-10(4-5-18-11)13(14,15)16/h4-6,8-9H,2-3,7H2,1H3,(H2,17,20)/t8-,9+/m0/s1. The molecule has 7 heteroatoms. The predicted molar refractivity (Wildman–Crippen MR) is 68.0 cm³/mol. The molecule has 1 saturated heterocycles. The Hall–Kier alpha value is -1.79. The Labute approximate surface area is 114 Å². The first kappa shape index (κ1) is 14.6. The summed E-state index contributed by atoms with van der Waals surface area (Å²) < 4.78 is 38.2. The number of primary amides is 1. The van der Waals surface area contributed by atoms with Gasteiger partial charge in [0.2, 0.25) is 5.91 Å². The second kappa shape index (κ2) is 5.30. The second-order valence-corrected chi connectivity index (χ2v) is 5.08. The second-order valence-electron chi connectivity index (χ2n) is 5.08. The van der Waals surface area contributed by atoms with Gasteiger partial charge in [0.15, 0.2) is 0 Å². The summed E-state index contributed by atoms with van der Waals surface area (Å²) in [4.78, 5) is 17.0. The van der Waals surface area contributed by atoms with E-state index in [1.54, 1.807) is 4.90 Å². The lowest BCUT2D eigenvalue weighted by Gasteiger charge is -2.37. The van der Waals surface area contributed by atoms with Crippen molar-refractivity contribution in [3.63, 3.8) is 0 Å². The molecule has 2 atom stereocenters. The zero-order valence-corrected chi connectivity index (χ0v) is 11.0. The lowest BCUT2D eigenvalue weighted by atomic mass is 9.93. The molecule has 110 valence electrons. The van der Waals surface area contributed by atoms with Crippen LogP contribution in [-0.2, 0) is 11.0 Å². The molecule has 0 spiro atoms. The fourth-order valence-corrected chi connectivity index (χ4v) is 2.41. The Kier molecular flexibility index (Phi) is 3.87. The van der Waals surface area contributed by atoms with Crippen LogP contribution in [0.2, 0.25) is 0 Å². The molecule has 0 radical (unpaired) electrons. The van der Waals surface area contributed by atoms with Crippen molar-refractivity contribution in [1.29, 1.82) is 0 Å². The van der Waals surface area contributed by atoms with Crippen molar-refractivity contribution in [2.24, 2.45) is 11.7 Å². The van der Waals surface area contributed by atoms with E-state index in [1.807, 2.05) is 6.92 Å². The fraction of sp³-hybridized carbons (Fsp3) is 0.538. The number of aromatic nitrogens is 1. The number of anilines is 1. The predicted octanol–water partition coefficient (Wildman–Crippen LogP) is 2.19. The minimum atomic E-state index is -4.40. The number of halogens is 3. The number of nitrogens with two attached hydrogens (primary N) is 1. The van der Waals surface area contributed by atoms with Gasteiger partial charge in [0, 0.05) is 18.8 Å². The lowest BCUT2D eigenvalue weighted by molar-refractivity contribution is -0.137. The molecule has 1 aliphatic heterocycles. The van der Waals surface area contributed by atoms with Crippen molar-refractivity contribution in [3.8, 4) is 0 Å². The monoisotopic (exact) mass is 287 g/mol. The summed E-state index contributed by atoms with van der Waals surface area (Å²) in [6, 6.07) is 1.98. The number of hydrogen-bond acceptors (Lipinski definition) is 3. The molecular formula is C13H16F3N3O. The van der Waals surface area contributed by atoms with Crippen LogP contribution >= 0.6 is 0 Å². The van der Waals surface area contributed by atoms with Crippen molar-refractivity contribution in [2.75, 3.05) is 11.4 Å². The van der Waals surface area contributed by atoms with Gasteiger partial charge >= 0.3 is 6.18 Å². The number of carbonyl (C=O) groups excluding carboxylic acids is 1. The van der Waals surface area contributed by atoms with Crippen molar-refractivity contribution in [2.45, 2.75) is 32.0 Å². The van der Waals surface area contributed by atoms with Crippen LogP contribution in [0.1, 0.15) is 25.3 Å². The minimum absolute atomic E-state index is 0.0292. The van der Waals surface area contributed by atoms with Crippen LogP contribution in [0.25, 0.3) is 0 Å². The zero-order chi connectivity index (χ0) is 14.9. The molecule has 0 unspecified atom stereocenters. The Morgan fingerprint density at radius 2 is 2.15 bits per heavy atom. The Bertz CT molecular complexity index is 504. The topological polar surface area (TPSA) is 59.2 Å². The first-order chi connectivity index (χ1) is 9.29. The van der Waals surface area contributed by atoms with Crippen LogP contribution in [0.3, 0.4) is 0 Å². The number of carbonyl (C=O) groups is 1. The molecule has 0 aliphatic carbocycles. The first-order valence-electron chi connectivity index (χ1n) is 6.38. The zero-order valence-electron chi connectivity index (χ0n) is 11.0. The number of amides is 1. The van der Waals surface area contributed by atoms with Gasteiger partial charge in [0.05, 0.1) is 11.5 Å². The van der Waals surface area contributed by atoms with Crippen LogP contribution in [0.5, 0.6) is 0 Å².